The predicted molar refractivity (Wildman–Crippen MR) is 112 cm³/mol. The van der Waals surface area contributed by atoms with Gasteiger partial charge in [-0.15, -0.1) is 24.0 Å². The smallest absolute Gasteiger partial charge is 0.228 e. The Morgan fingerprint density at radius 3 is 2.56 bits per heavy atom. The van der Waals surface area contributed by atoms with Crippen LogP contribution in [0.5, 0.6) is 0 Å². The number of aliphatic imine (C=N–C) groups is 1. The summed E-state index contributed by atoms with van der Waals surface area (Å²) >= 11 is 0. The first-order valence-electron chi connectivity index (χ1n) is 8.57. The summed E-state index contributed by atoms with van der Waals surface area (Å²) in [7, 11) is 0. The van der Waals surface area contributed by atoms with Crippen molar-refractivity contribution in [3.8, 4) is 0 Å². The summed E-state index contributed by atoms with van der Waals surface area (Å²) in [5.74, 6) is 2.49. The predicted octanol–water partition coefficient (Wildman–Crippen LogP) is 3.15. The number of hydrogen-bond acceptors (Lipinski definition) is 4. The van der Waals surface area contributed by atoms with E-state index in [0.29, 0.717) is 18.9 Å². The van der Waals surface area contributed by atoms with E-state index in [2.05, 4.69) is 57.0 Å². The highest BCUT2D eigenvalue weighted by molar-refractivity contribution is 14.0. The molecule has 6 nitrogen and oxygen atoms in total. The molecule has 0 aliphatic heterocycles. The molecule has 0 radical (unpaired) electrons. The van der Waals surface area contributed by atoms with Crippen molar-refractivity contribution in [3.05, 3.63) is 47.6 Å². The monoisotopic (exact) mass is 457 g/mol. The average molecular weight is 457 g/mol. The fraction of sp³-hybridized carbons (Fsp3) is 0.500. The fourth-order valence-electron chi connectivity index (χ4n) is 2.18. The first kappa shape index (κ1) is 21.4. The molecule has 1 aromatic carbocycles. The maximum Gasteiger partial charge on any atom is 0.228 e. The Balaban J connectivity index is 0.00000312. The van der Waals surface area contributed by atoms with Crippen LogP contribution in [0.4, 0.5) is 0 Å². The van der Waals surface area contributed by atoms with Gasteiger partial charge in [0.1, 0.15) is 0 Å². The van der Waals surface area contributed by atoms with Crippen LogP contribution in [0.15, 0.2) is 39.8 Å². The molecule has 1 heterocycles. The van der Waals surface area contributed by atoms with Crippen LogP contribution in [0.2, 0.25) is 0 Å². The zero-order chi connectivity index (χ0) is 17.2. The molecule has 2 aromatic rings. The number of benzene rings is 1. The molecule has 1 aromatic heterocycles. The summed E-state index contributed by atoms with van der Waals surface area (Å²) in [5, 5.41) is 10.6. The van der Waals surface area contributed by atoms with Gasteiger partial charge in [-0.2, -0.15) is 4.98 Å². The van der Waals surface area contributed by atoms with Crippen molar-refractivity contribution in [2.24, 2.45) is 4.99 Å². The minimum absolute atomic E-state index is 0. The molecule has 0 aliphatic rings. The molecular formula is C18H28IN5O. The maximum absolute atomic E-state index is 5.24. The van der Waals surface area contributed by atoms with Crippen molar-refractivity contribution in [1.82, 2.24) is 20.8 Å². The minimum Gasteiger partial charge on any atom is -0.357 e. The third kappa shape index (κ3) is 7.85. The normalized spacial score (nSPS) is 11.3. The summed E-state index contributed by atoms with van der Waals surface area (Å²) < 4.78 is 5.24. The van der Waals surface area contributed by atoms with Gasteiger partial charge in [-0.25, -0.2) is 0 Å². The molecule has 0 amide bonds. The van der Waals surface area contributed by atoms with E-state index in [1.54, 1.807) is 0 Å². The lowest BCUT2D eigenvalue weighted by Gasteiger charge is -2.11. The second kappa shape index (κ2) is 11.8. The highest BCUT2D eigenvalue weighted by Crippen LogP contribution is 2.09. The van der Waals surface area contributed by atoms with Gasteiger partial charge in [0.2, 0.25) is 5.89 Å². The lowest BCUT2D eigenvalue weighted by molar-refractivity contribution is 0.372. The van der Waals surface area contributed by atoms with E-state index in [0.717, 1.165) is 31.3 Å². The molecule has 0 saturated heterocycles. The van der Waals surface area contributed by atoms with Gasteiger partial charge >= 0.3 is 0 Å². The fourth-order valence-corrected chi connectivity index (χ4v) is 2.18. The Morgan fingerprint density at radius 1 is 1.16 bits per heavy atom. The SMILES string of the molecule is CCNC(=NCCc1nc(C(C)C)no1)NCCc1ccccc1.I. The first-order chi connectivity index (χ1) is 11.7. The average Bonchev–Trinajstić information content (AvgIpc) is 3.05. The van der Waals surface area contributed by atoms with Crippen LogP contribution in [0.1, 0.15) is 44.0 Å². The number of guanidine groups is 1. The molecule has 0 fully saturated rings. The maximum atomic E-state index is 5.24. The van der Waals surface area contributed by atoms with E-state index in [9.17, 15) is 0 Å². The second-order valence-electron chi connectivity index (χ2n) is 5.87. The standard InChI is InChI=1S/C18H27N5O.HI/c1-4-19-18(20-12-10-15-8-6-5-7-9-15)21-13-11-16-22-17(14(2)3)23-24-16;/h5-9,14H,4,10-13H2,1-3H3,(H2,19,20,21);1H. The van der Waals surface area contributed by atoms with Crippen LogP contribution in [0, 0.1) is 0 Å². The number of aromatic nitrogens is 2. The number of nitrogens with one attached hydrogen (secondary N) is 2. The summed E-state index contributed by atoms with van der Waals surface area (Å²) in [6, 6.07) is 10.4. The van der Waals surface area contributed by atoms with Gasteiger partial charge in [-0.05, 0) is 18.9 Å². The molecule has 0 unspecified atom stereocenters. The molecule has 0 saturated carbocycles. The molecule has 138 valence electrons. The molecule has 0 aliphatic carbocycles. The van der Waals surface area contributed by atoms with Crippen LogP contribution < -0.4 is 10.6 Å². The Bertz CT molecular complexity index is 627. The summed E-state index contributed by atoms with van der Waals surface area (Å²) in [6.45, 7) is 8.43. The van der Waals surface area contributed by atoms with Crippen molar-refractivity contribution in [2.45, 2.75) is 39.5 Å². The summed E-state index contributed by atoms with van der Waals surface area (Å²) in [5.41, 5.74) is 1.31. The van der Waals surface area contributed by atoms with Gasteiger partial charge in [-0.3, -0.25) is 4.99 Å². The van der Waals surface area contributed by atoms with Crippen LogP contribution >= 0.6 is 24.0 Å². The van der Waals surface area contributed by atoms with Crippen molar-refractivity contribution in [2.75, 3.05) is 19.6 Å². The van der Waals surface area contributed by atoms with Crippen molar-refractivity contribution in [3.63, 3.8) is 0 Å². The van der Waals surface area contributed by atoms with Gasteiger partial charge in [-0.1, -0.05) is 49.3 Å². The zero-order valence-electron chi connectivity index (χ0n) is 15.2. The van der Waals surface area contributed by atoms with Crippen LogP contribution in [0.25, 0.3) is 0 Å². The van der Waals surface area contributed by atoms with E-state index in [1.165, 1.54) is 5.56 Å². The molecule has 7 heteroatoms. The van der Waals surface area contributed by atoms with Crippen molar-refractivity contribution in [1.29, 1.82) is 0 Å². The molecule has 0 atom stereocenters. The first-order valence-corrected chi connectivity index (χ1v) is 8.57. The molecule has 0 spiro atoms. The summed E-state index contributed by atoms with van der Waals surface area (Å²) in [4.78, 5) is 8.93. The van der Waals surface area contributed by atoms with E-state index < -0.39 is 0 Å². The molecular weight excluding hydrogens is 429 g/mol. The summed E-state index contributed by atoms with van der Waals surface area (Å²) in [6.07, 6.45) is 1.61. The number of hydrogen-bond donors (Lipinski definition) is 2. The second-order valence-corrected chi connectivity index (χ2v) is 5.87. The molecule has 0 bridgehead atoms. The van der Waals surface area contributed by atoms with Crippen molar-refractivity contribution < 1.29 is 4.52 Å². The number of halogens is 1. The van der Waals surface area contributed by atoms with Crippen molar-refractivity contribution >= 4 is 29.9 Å². The van der Waals surface area contributed by atoms with Gasteiger partial charge in [0.15, 0.2) is 11.8 Å². The number of rotatable bonds is 8. The van der Waals surface area contributed by atoms with E-state index in [-0.39, 0.29) is 29.9 Å². The van der Waals surface area contributed by atoms with Gasteiger partial charge in [0.05, 0.1) is 6.54 Å². The molecule has 25 heavy (non-hydrogen) atoms. The Labute approximate surface area is 166 Å². The van der Waals surface area contributed by atoms with Gasteiger partial charge in [0, 0.05) is 25.4 Å². The highest BCUT2D eigenvalue weighted by atomic mass is 127. The van der Waals surface area contributed by atoms with Gasteiger partial charge in [0.25, 0.3) is 0 Å². The van der Waals surface area contributed by atoms with E-state index >= 15 is 0 Å². The quantitative estimate of drug-likeness (QED) is 0.362. The van der Waals surface area contributed by atoms with E-state index in [4.69, 9.17) is 4.52 Å². The third-order valence-corrected chi connectivity index (χ3v) is 3.49. The van der Waals surface area contributed by atoms with Crippen LogP contribution in [-0.4, -0.2) is 35.7 Å². The lowest BCUT2D eigenvalue weighted by atomic mass is 10.1. The Hall–Kier alpha value is -1.64. The Morgan fingerprint density at radius 2 is 1.92 bits per heavy atom. The van der Waals surface area contributed by atoms with Crippen LogP contribution in [0.3, 0.4) is 0 Å². The molecule has 2 N–H and O–H groups in total. The van der Waals surface area contributed by atoms with Crippen LogP contribution in [-0.2, 0) is 12.8 Å². The topological polar surface area (TPSA) is 75.3 Å². The minimum atomic E-state index is 0. The number of nitrogens with zero attached hydrogens (tertiary/aromatic N) is 3. The Kier molecular flexibility index (Phi) is 10.1. The highest BCUT2D eigenvalue weighted by Gasteiger charge is 2.09. The zero-order valence-corrected chi connectivity index (χ0v) is 17.5. The molecule has 2 rings (SSSR count). The van der Waals surface area contributed by atoms with Gasteiger partial charge < -0.3 is 15.2 Å². The largest absolute Gasteiger partial charge is 0.357 e. The van der Waals surface area contributed by atoms with E-state index in [1.807, 2.05) is 19.9 Å². The lowest BCUT2D eigenvalue weighted by Crippen LogP contribution is -2.38. The third-order valence-electron chi connectivity index (χ3n) is 3.49.